The number of halogens is 1. The van der Waals surface area contributed by atoms with Crippen LogP contribution in [-0.2, 0) is 16.5 Å². The van der Waals surface area contributed by atoms with Gasteiger partial charge in [0.15, 0.2) is 11.6 Å². The summed E-state index contributed by atoms with van der Waals surface area (Å²) in [5.74, 6) is 0.400. The molecular weight excluding hydrogens is 517 g/mol. The largest absolute Gasteiger partial charge is 0.505 e. The highest BCUT2D eigenvalue weighted by Gasteiger charge is 2.33. The van der Waals surface area contributed by atoms with Crippen LogP contribution in [-0.4, -0.2) is 44.2 Å². The highest BCUT2D eigenvalue weighted by atomic mass is 32.2. The molecule has 0 aliphatic carbocycles. The van der Waals surface area contributed by atoms with E-state index in [2.05, 4.69) is 18.7 Å². The van der Waals surface area contributed by atoms with Gasteiger partial charge in [0.1, 0.15) is 34.9 Å². The van der Waals surface area contributed by atoms with E-state index in [-0.39, 0.29) is 11.3 Å². The van der Waals surface area contributed by atoms with Gasteiger partial charge in [-0.2, -0.15) is 0 Å². The smallest absolute Gasteiger partial charge is 0.176 e. The Morgan fingerprint density at radius 3 is 2.56 bits per heavy atom. The Morgan fingerprint density at radius 1 is 1.13 bits per heavy atom. The van der Waals surface area contributed by atoms with Crippen LogP contribution in [0.15, 0.2) is 60.7 Å². The minimum absolute atomic E-state index is 0.148. The highest BCUT2D eigenvalue weighted by molar-refractivity contribution is 7.71. The molecule has 3 aromatic carbocycles. The van der Waals surface area contributed by atoms with Crippen LogP contribution >= 0.6 is 0 Å². The molecule has 5 rings (SSSR count). The van der Waals surface area contributed by atoms with Gasteiger partial charge in [0.05, 0.1) is 11.3 Å². The molecule has 39 heavy (non-hydrogen) atoms. The number of thiol groups is 1. The van der Waals surface area contributed by atoms with Gasteiger partial charge < -0.3 is 14.6 Å². The standard InChI is InChI=1S/C31H34FNO5S/c1-19-14-15-33(16-19)20(2)17-37-24-10-8-22(9-11-24)31-28(25-7-5-4-6-23(25)18-39(35)36)21(3)29-27(38-31)13-12-26(34)30(29)32/h4-13,19-20,31,34,39H,14-18H2,1-3H3/t19-,20+,31?/m1/s1. The molecule has 0 radical (unpaired) electrons. The lowest BCUT2D eigenvalue weighted by atomic mass is 9.84. The molecule has 2 aliphatic heterocycles. The maximum absolute atomic E-state index is 15.1. The zero-order chi connectivity index (χ0) is 27.7. The van der Waals surface area contributed by atoms with Crippen LogP contribution in [0.25, 0.3) is 11.1 Å². The summed E-state index contributed by atoms with van der Waals surface area (Å²) in [6, 6.07) is 18.0. The summed E-state index contributed by atoms with van der Waals surface area (Å²) in [5, 5.41) is 10.1. The van der Waals surface area contributed by atoms with Crippen molar-refractivity contribution in [3.05, 3.63) is 88.7 Å². The van der Waals surface area contributed by atoms with Crippen LogP contribution in [0.5, 0.6) is 17.2 Å². The van der Waals surface area contributed by atoms with Crippen molar-refractivity contribution in [3.63, 3.8) is 0 Å². The number of ether oxygens (including phenoxy) is 2. The molecule has 3 atom stereocenters. The Bertz CT molecular complexity index is 1460. The van der Waals surface area contributed by atoms with Gasteiger partial charge in [-0.3, -0.25) is 4.90 Å². The molecule has 1 N–H and O–H groups in total. The van der Waals surface area contributed by atoms with E-state index in [4.69, 9.17) is 9.47 Å². The highest BCUT2D eigenvalue weighted by Crippen LogP contribution is 2.49. The maximum atomic E-state index is 15.1. The number of likely N-dealkylation sites (tertiary alicyclic amines) is 1. The van der Waals surface area contributed by atoms with Crippen molar-refractivity contribution in [1.29, 1.82) is 0 Å². The number of hydrogen-bond donors (Lipinski definition) is 2. The topological polar surface area (TPSA) is 76.1 Å². The predicted octanol–water partition coefficient (Wildman–Crippen LogP) is 5.82. The fourth-order valence-corrected chi connectivity index (χ4v) is 6.13. The summed E-state index contributed by atoms with van der Waals surface area (Å²) < 4.78 is 50.9. The third kappa shape index (κ3) is 5.68. The number of rotatable bonds is 8. The number of nitrogens with zero attached hydrogens (tertiary/aromatic N) is 1. The Morgan fingerprint density at radius 2 is 1.87 bits per heavy atom. The van der Waals surface area contributed by atoms with E-state index in [1.165, 1.54) is 12.5 Å². The third-order valence-electron chi connectivity index (χ3n) is 7.73. The second-order valence-electron chi connectivity index (χ2n) is 10.6. The molecular formula is C31H34FNO5S. The summed E-state index contributed by atoms with van der Waals surface area (Å²) in [7, 11) is -2.68. The molecule has 1 saturated heterocycles. The summed E-state index contributed by atoms with van der Waals surface area (Å²) in [4.78, 5) is 2.45. The number of hydrogen-bond acceptors (Lipinski definition) is 6. The molecule has 0 aromatic heterocycles. The summed E-state index contributed by atoms with van der Waals surface area (Å²) in [6.07, 6.45) is 0.600. The van der Waals surface area contributed by atoms with Crippen molar-refractivity contribution < 1.29 is 27.4 Å². The van der Waals surface area contributed by atoms with Crippen LogP contribution in [0.4, 0.5) is 4.39 Å². The first-order valence-corrected chi connectivity index (χ1v) is 14.6. The molecule has 3 aromatic rings. The van der Waals surface area contributed by atoms with Crippen LogP contribution in [0, 0.1) is 11.7 Å². The van der Waals surface area contributed by atoms with Gasteiger partial charge >= 0.3 is 0 Å². The molecule has 8 heteroatoms. The van der Waals surface area contributed by atoms with E-state index in [0.29, 0.717) is 40.7 Å². The number of aromatic hydroxyl groups is 1. The van der Waals surface area contributed by atoms with Gasteiger partial charge in [-0.25, -0.2) is 12.8 Å². The molecule has 2 heterocycles. The van der Waals surface area contributed by atoms with E-state index < -0.39 is 28.4 Å². The average Bonchev–Trinajstić information content (AvgIpc) is 3.36. The summed E-state index contributed by atoms with van der Waals surface area (Å²) in [6.45, 7) is 9.02. The summed E-state index contributed by atoms with van der Waals surface area (Å²) >= 11 is 0. The van der Waals surface area contributed by atoms with Gasteiger partial charge in [0.2, 0.25) is 0 Å². The predicted molar refractivity (Wildman–Crippen MR) is 151 cm³/mol. The summed E-state index contributed by atoms with van der Waals surface area (Å²) in [5.41, 5.74) is 3.50. The quantitative estimate of drug-likeness (QED) is 0.344. The number of benzene rings is 3. The van der Waals surface area contributed by atoms with Crippen LogP contribution in [0.2, 0.25) is 0 Å². The lowest BCUT2D eigenvalue weighted by molar-refractivity contribution is 0.169. The van der Waals surface area contributed by atoms with Gasteiger partial charge in [-0.05, 0) is 79.3 Å². The number of phenolic OH excluding ortho intramolecular Hbond substituents is 1. The Balaban J connectivity index is 1.48. The van der Waals surface area contributed by atoms with Crippen molar-refractivity contribution in [2.45, 2.75) is 45.1 Å². The van der Waals surface area contributed by atoms with E-state index in [1.807, 2.05) is 36.4 Å². The van der Waals surface area contributed by atoms with Crippen molar-refractivity contribution in [2.24, 2.45) is 5.92 Å². The molecule has 206 valence electrons. The van der Waals surface area contributed by atoms with Gasteiger partial charge in [-0.15, -0.1) is 0 Å². The first-order chi connectivity index (χ1) is 18.7. The van der Waals surface area contributed by atoms with E-state index >= 15 is 4.39 Å². The SMILES string of the molecule is CC1=C(c2ccccc2C[SH](=O)=O)C(c2ccc(OC[C@H](C)N3CC[C@@H](C)C3)cc2)Oc2ccc(O)c(F)c21. The number of allylic oxidation sites excluding steroid dienone is 1. The lowest BCUT2D eigenvalue weighted by Gasteiger charge is -2.32. The molecule has 1 fully saturated rings. The fourth-order valence-electron chi connectivity index (χ4n) is 5.58. The monoisotopic (exact) mass is 551 g/mol. The van der Waals surface area contributed by atoms with Crippen molar-refractivity contribution in [1.82, 2.24) is 4.90 Å². The zero-order valence-electron chi connectivity index (χ0n) is 22.4. The molecule has 0 spiro atoms. The fraction of sp³-hybridized carbons (Fsp3) is 0.355. The van der Waals surface area contributed by atoms with E-state index in [9.17, 15) is 13.5 Å². The second kappa shape index (κ2) is 11.4. The van der Waals surface area contributed by atoms with Crippen LogP contribution in [0.3, 0.4) is 0 Å². The molecule has 0 bridgehead atoms. The van der Waals surface area contributed by atoms with Crippen molar-refractivity contribution in [2.75, 3.05) is 19.7 Å². The molecule has 0 amide bonds. The molecule has 2 aliphatic rings. The molecule has 1 unspecified atom stereocenters. The third-order valence-corrected chi connectivity index (χ3v) is 8.33. The van der Waals surface area contributed by atoms with E-state index in [1.54, 1.807) is 25.1 Å². The lowest BCUT2D eigenvalue weighted by Crippen LogP contribution is -2.35. The van der Waals surface area contributed by atoms with Gasteiger partial charge in [0.25, 0.3) is 0 Å². The Hall–Kier alpha value is -3.36. The van der Waals surface area contributed by atoms with Crippen molar-refractivity contribution >= 4 is 21.9 Å². The van der Waals surface area contributed by atoms with Gasteiger partial charge in [-0.1, -0.05) is 43.3 Å². The van der Waals surface area contributed by atoms with Gasteiger partial charge in [0, 0.05) is 18.2 Å². The maximum Gasteiger partial charge on any atom is 0.176 e. The first-order valence-electron chi connectivity index (χ1n) is 13.3. The number of fused-ring (bicyclic) bond motifs is 1. The van der Waals surface area contributed by atoms with E-state index in [0.717, 1.165) is 30.3 Å². The zero-order valence-corrected chi connectivity index (χ0v) is 23.3. The minimum Gasteiger partial charge on any atom is -0.505 e. The Labute approximate surface area is 230 Å². The average molecular weight is 552 g/mol. The molecule has 0 saturated carbocycles. The van der Waals surface area contributed by atoms with Crippen LogP contribution < -0.4 is 9.47 Å². The number of phenols is 1. The molecule has 6 nitrogen and oxygen atoms in total. The van der Waals surface area contributed by atoms with Crippen LogP contribution in [0.1, 0.15) is 55.5 Å². The first kappa shape index (κ1) is 27.2. The second-order valence-corrected chi connectivity index (χ2v) is 11.6. The normalized spacial score (nSPS) is 20.1. The van der Waals surface area contributed by atoms with Crippen molar-refractivity contribution in [3.8, 4) is 17.2 Å². The minimum atomic E-state index is -2.68. The Kier molecular flexibility index (Phi) is 7.96.